The van der Waals surface area contributed by atoms with Crippen molar-refractivity contribution in [3.8, 4) is 5.75 Å². The normalized spacial score (nSPS) is 11.9. The first-order chi connectivity index (χ1) is 11.2. The molecule has 1 amide bonds. The minimum absolute atomic E-state index is 0.183. The maximum Gasteiger partial charge on any atom is 0.255 e. The first-order valence-corrected chi connectivity index (χ1v) is 9.09. The molecule has 0 saturated carbocycles. The molecule has 1 atom stereocenters. The van der Waals surface area contributed by atoms with Crippen molar-refractivity contribution in [2.45, 2.75) is 6.04 Å². The van der Waals surface area contributed by atoms with Gasteiger partial charge < -0.3 is 10.1 Å². The van der Waals surface area contributed by atoms with Crippen LogP contribution in [0.2, 0.25) is 5.02 Å². The second kappa shape index (κ2) is 7.17. The zero-order valence-electron chi connectivity index (χ0n) is 12.3. The Morgan fingerprint density at radius 1 is 1.26 bits per heavy atom. The molecule has 1 aromatic carbocycles. The fourth-order valence-corrected chi connectivity index (χ4v) is 3.94. The summed E-state index contributed by atoms with van der Waals surface area (Å²) < 4.78 is 5.27. The Hall–Kier alpha value is -1.82. The van der Waals surface area contributed by atoms with Crippen molar-refractivity contribution in [1.82, 2.24) is 5.32 Å². The van der Waals surface area contributed by atoms with Gasteiger partial charge in [-0.2, -0.15) is 11.3 Å². The number of carbonyl (C=O) groups excluding carboxylic acids is 1. The van der Waals surface area contributed by atoms with E-state index in [1.807, 2.05) is 34.3 Å². The molecule has 118 valence electrons. The third-order valence-corrected chi connectivity index (χ3v) is 5.26. The average Bonchev–Trinajstić information content (AvgIpc) is 3.26. The first kappa shape index (κ1) is 16.1. The van der Waals surface area contributed by atoms with Gasteiger partial charge in [-0.25, -0.2) is 0 Å². The van der Waals surface area contributed by atoms with Crippen molar-refractivity contribution in [3.05, 3.63) is 73.6 Å². The standard InChI is InChI=1S/C17H14ClNO2S2/c1-21-14-5-4-12(18)9-13(14)17(20)19-16(11-6-8-22-10-11)15-3-2-7-23-15/h2-10,16H,1H3,(H,19,20). The minimum Gasteiger partial charge on any atom is -0.496 e. The molecule has 2 aromatic heterocycles. The summed E-state index contributed by atoms with van der Waals surface area (Å²) in [5.41, 5.74) is 1.49. The van der Waals surface area contributed by atoms with E-state index in [1.54, 1.807) is 40.9 Å². The summed E-state index contributed by atoms with van der Waals surface area (Å²) in [6.45, 7) is 0. The molecule has 2 heterocycles. The van der Waals surface area contributed by atoms with Crippen LogP contribution in [0.25, 0.3) is 0 Å². The van der Waals surface area contributed by atoms with E-state index < -0.39 is 0 Å². The van der Waals surface area contributed by atoms with Gasteiger partial charge in [0.15, 0.2) is 0 Å². The lowest BCUT2D eigenvalue weighted by atomic mass is 10.1. The molecule has 0 aliphatic carbocycles. The van der Waals surface area contributed by atoms with Gasteiger partial charge in [0.2, 0.25) is 0 Å². The molecule has 6 heteroatoms. The van der Waals surface area contributed by atoms with Gasteiger partial charge in [0.05, 0.1) is 18.7 Å². The number of methoxy groups -OCH3 is 1. The van der Waals surface area contributed by atoms with Crippen LogP contribution < -0.4 is 10.1 Å². The number of carbonyl (C=O) groups is 1. The number of halogens is 1. The number of ether oxygens (including phenoxy) is 1. The summed E-state index contributed by atoms with van der Waals surface area (Å²) in [5.74, 6) is 0.288. The van der Waals surface area contributed by atoms with Gasteiger partial charge in [-0.1, -0.05) is 17.7 Å². The van der Waals surface area contributed by atoms with Crippen LogP contribution in [0.15, 0.2) is 52.5 Å². The van der Waals surface area contributed by atoms with Crippen molar-refractivity contribution < 1.29 is 9.53 Å². The molecule has 3 nitrogen and oxygen atoms in total. The SMILES string of the molecule is COc1ccc(Cl)cc1C(=O)NC(c1ccsc1)c1cccs1. The highest BCUT2D eigenvalue weighted by atomic mass is 35.5. The zero-order valence-corrected chi connectivity index (χ0v) is 14.7. The van der Waals surface area contributed by atoms with Crippen molar-refractivity contribution in [2.75, 3.05) is 7.11 Å². The fraction of sp³-hybridized carbons (Fsp3) is 0.118. The highest BCUT2D eigenvalue weighted by Gasteiger charge is 2.21. The molecular weight excluding hydrogens is 350 g/mol. The summed E-state index contributed by atoms with van der Waals surface area (Å²) in [6, 6.07) is 10.8. The fourth-order valence-electron chi connectivity index (χ4n) is 2.28. The number of hydrogen-bond donors (Lipinski definition) is 1. The summed E-state index contributed by atoms with van der Waals surface area (Å²) in [7, 11) is 1.54. The highest BCUT2D eigenvalue weighted by molar-refractivity contribution is 7.10. The van der Waals surface area contributed by atoms with Crippen LogP contribution in [-0.2, 0) is 0 Å². The molecule has 23 heavy (non-hydrogen) atoms. The van der Waals surface area contributed by atoms with Crippen molar-refractivity contribution in [2.24, 2.45) is 0 Å². The Bertz CT molecular complexity index is 751. The van der Waals surface area contributed by atoms with Gasteiger partial charge in [-0.15, -0.1) is 11.3 Å². The van der Waals surface area contributed by atoms with Crippen LogP contribution in [0.1, 0.15) is 26.8 Å². The predicted molar refractivity (Wildman–Crippen MR) is 96.0 cm³/mol. The maximum atomic E-state index is 12.7. The highest BCUT2D eigenvalue weighted by Crippen LogP contribution is 2.29. The third-order valence-electron chi connectivity index (χ3n) is 3.39. The summed E-state index contributed by atoms with van der Waals surface area (Å²) in [4.78, 5) is 13.8. The number of thiophene rings is 2. The Kier molecular flexibility index (Phi) is 5.00. The van der Waals surface area contributed by atoms with E-state index in [1.165, 1.54) is 7.11 Å². The molecule has 0 aliphatic rings. The number of nitrogens with one attached hydrogen (secondary N) is 1. The summed E-state index contributed by atoms with van der Waals surface area (Å²) in [6.07, 6.45) is 0. The Morgan fingerprint density at radius 2 is 2.13 bits per heavy atom. The number of benzene rings is 1. The molecule has 0 aliphatic heterocycles. The Morgan fingerprint density at radius 3 is 2.78 bits per heavy atom. The maximum absolute atomic E-state index is 12.7. The van der Waals surface area contributed by atoms with E-state index in [9.17, 15) is 4.79 Å². The van der Waals surface area contributed by atoms with Gasteiger partial charge in [0.25, 0.3) is 5.91 Å². The van der Waals surface area contributed by atoms with E-state index >= 15 is 0 Å². The number of amides is 1. The lowest BCUT2D eigenvalue weighted by molar-refractivity contribution is 0.0940. The van der Waals surface area contributed by atoms with Crippen LogP contribution in [-0.4, -0.2) is 13.0 Å². The molecule has 3 rings (SSSR count). The zero-order chi connectivity index (χ0) is 16.2. The van der Waals surface area contributed by atoms with Gasteiger partial charge in [-0.05, 0) is 52.0 Å². The Labute approximate surface area is 147 Å². The summed E-state index contributed by atoms with van der Waals surface area (Å²) in [5, 5.41) is 9.62. The molecule has 3 aromatic rings. The average molecular weight is 364 g/mol. The van der Waals surface area contributed by atoms with E-state index in [-0.39, 0.29) is 11.9 Å². The van der Waals surface area contributed by atoms with Crippen LogP contribution in [0.3, 0.4) is 0 Å². The molecule has 0 spiro atoms. The van der Waals surface area contributed by atoms with Gasteiger partial charge in [0, 0.05) is 9.90 Å². The van der Waals surface area contributed by atoms with Crippen molar-refractivity contribution in [1.29, 1.82) is 0 Å². The van der Waals surface area contributed by atoms with E-state index in [0.717, 1.165) is 10.4 Å². The molecular formula is C17H14ClNO2S2. The number of rotatable bonds is 5. The third kappa shape index (κ3) is 3.58. The molecule has 0 saturated heterocycles. The predicted octanol–water partition coefficient (Wildman–Crippen LogP) is 4.99. The smallest absolute Gasteiger partial charge is 0.255 e. The van der Waals surface area contributed by atoms with Crippen molar-refractivity contribution in [3.63, 3.8) is 0 Å². The van der Waals surface area contributed by atoms with Gasteiger partial charge in [-0.3, -0.25) is 4.79 Å². The number of hydrogen-bond acceptors (Lipinski definition) is 4. The molecule has 0 fully saturated rings. The van der Waals surface area contributed by atoms with Gasteiger partial charge in [0.1, 0.15) is 5.75 Å². The van der Waals surface area contributed by atoms with E-state index in [2.05, 4.69) is 5.32 Å². The van der Waals surface area contributed by atoms with Crippen molar-refractivity contribution >= 4 is 40.2 Å². The molecule has 0 bridgehead atoms. The molecule has 1 unspecified atom stereocenters. The second-order valence-corrected chi connectivity index (χ2v) is 7.02. The van der Waals surface area contributed by atoms with E-state index in [4.69, 9.17) is 16.3 Å². The lowest BCUT2D eigenvalue weighted by Crippen LogP contribution is -2.28. The second-order valence-electron chi connectivity index (χ2n) is 4.82. The van der Waals surface area contributed by atoms with Crippen LogP contribution in [0.5, 0.6) is 5.75 Å². The topological polar surface area (TPSA) is 38.3 Å². The Balaban J connectivity index is 1.92. The minimum atomic E-state index is -0.214. The lowest BCUT2D eigenvalue weighted by Gasteiger charge is -2.18. The molecule has 0 radical (unpaired) electrons. The summed E-state index contributed by atoms with van der Waals surface area (Å²) >= 11 is 9.24. The monoisotopic (exact) mass is 363 g/mol. The largest absolute Gasteiger partial charge is 0.496 e. The van der Waals surface area contributed by atoms with Crippen LogP contribution in [0.4, 0.5) is 0 Å². The van der Waals surface area contributed by atoms with Crippen LogP contribution >= 0.6 is 34.3 Å². The van der Waals surface area contributed by atoms with Crippen LogP contribution in [0, 0.1) is 0 Å². The van der Waals surface area contributed by atoms with E-state index in [0.29, 0.717) is 16.3 Å². The van der Waals surface area contributed by atoms with Gasteiger partial charge >= 0.3 is 0 Å². The first-order valence-electron chi connectivity index (χ1n) is 6.89. The molecule has 1 N–H and O–H groups in total. The quantitative estimate of drug-likeness (QED) is 0.693.